The van der Waals surface area contributed by atoms with Gasteiger partial charge in [0.15, 0.2) is 0 Å². The van der Waals surface area contributed by atoms with Crippen LogP contribution in [0.5, 0.6) is 5.75 Å². The van der Waals surface area contributed by atoms with Crippen LogP contribution in [0.4, 0.5) is 0 Å². The van der Waals surface area contributed by atoms with E-state index in [1.165, 1.54) is 53.9 Å². The Bertz CT molecular complexity index is 681. The van der Waals surface area contributed by atoms with Gasteiger partial charge in [-0.25, -0.2) is 0 Å². The molecule has 0 amide bonds. The van der Waals surface area contributed by atoms with Crippen molar-refractivity contribution in [2.24, 2.45) is 0 Å². The molecule has 0 bridgehead atoms. The summed E-state index contributed by atoms with van der Waals surface area (Å²) in [5.74, 6) is 2.22. The molecule has 1 aliphatic heterocycles. The standard InChI is InChI=1S/C21H25NOS/c1-2-8-17(7-1)23-18-9-5-6-16(14-18)15-22-20-12-13-24-21-11-4-3-10-19(20)21/h3-6,9-11,14,17,20,22H,1-2,7-8,12-13,15H2. The number of benzene rings is 2. The second kappa shape index (κ2) is 7.62. The fourth-order valence-electron chi connectivity index (χ4n) is 3.72. The van der Waals surface area contributed by atoms with Gasteiger partial charge in [-0.3, -0.25) is 0 Å². The number of fused-ring (bicyclic) bond motifs is 1. The fourth-order valence-corrected chi connectivity index (χ4v) is 4.85. The quantitative estimate of drug-likeness (QED) is 0.795. The summed E-state index contributed by atoms with van der Waals surface area (Å²) in [5, 5.41) is 3.75. The molecule has 0 aromatic heterocycles. The first kappa shape index (κ1) is 16.0. The van der Waals surface area contributed by atoms with Crippen LogP contribution < -0.4 is 10.1 Å². The zero-order valence-corrected chi connectivity index (χ0v) is 14.9. The van der Waals surface area contributed by atoms with Crippen molar-refractivity contribution >= 4 is 11.8 Å². The van der Waals surface area contributed by atoms with Crippen LogP contribution in [0.1, 0.15) is 49.3 Å². The summed E-state index contributed by atoms with van der Waals surface area (Å²) in [6.45, 7) is 0.894. The average Bonchev–Trinajstić information content (AvgIpc) is 3.13. The topological polar surface area (TPSA) is 21.3 Å². The number of rotatable bonds is 5. The molecule has 1 saturated carbocycles. The Kier molecular flexibility index (Phi) is 5.10. The van der Waals surface area contributed by atoms with Gasteiger partial charge in [-0.05, 0) is 67.2 Å². The highest BCUT2D eigenvalue weighted by Gasteiger charge is 2.20. The van der Waals surface area contributed by atoms with Crippen LogP contribution in [-0.4, -0.2) is 11.9 Å². The minimum absolute atomic E-state index is 0.426. The Labute approximate surface area is 149 Å². The van der Waals surface area contributed by atoms with Crippen LogP contribution in [0.3, 0.4) is 0 Å². The van der Waals surface area contributed by atoms with Gasteiger partial charge < -0.3 is 10.1 Å². The van der Waals surface area contributed by atoms with Crippen molar-refractivity contribution in [2.45, 2.75) is 55.7 Å². The van der Waals surface area contributed by atoms with Gasteiger partial charge in [0.05, 0.1) is 6.10 Å². The van der Waals surface area contributed by atoms with Gasteiger partial charge in [0, 0.05) is 17.5 Å². The third-order valence-corrected chi connectivity index (χ3v) is 6.14. The lowest BCUT2D eigenvalue weighted by atomic mass is 10.0. The van der Waals surface area contributed by atoms with E-state index >= 15 is 0 Å². The van der Waals surface area contributed by atoms with Gasteiger partial charge in [-0.2, -0.15) is 0 Å². The first-order valence-corrected chi connectivity index (χ1v) is 10.1. The predicted octanol–water partition coefficient (Wildman–Crippen LogP) is 5.33. The fraction of sp³-hybridized carbons (Fsp3) is 0.429. The number of hydrogen-bond donors (Lipinski definition) is 1. The molecule has 0 spiro atoms. The zero-order chi connectivity index (χ0) is 16.2. The summed E-state index contributed by atoms with van der Waals surface area (Å²) in [5.41, 5.74) is 2.76. The van der Waals surface area contributed by atoms with E-state index in [4.69, 9.17) is 4.74 Å². The third kappa shape index (κ3) is 3.79. The molecule has 0 radical (unpaired) electrons. The SMILES string of the molecule is c1cc(CNC2CCSc3ccccc32)cc(OC2CCCC2)c1. The molecule has 1 fully saturated rings. The van der Waals surface area contributed by atoms with Crippen molar-refractivity contribution in [2.75, 3.05) is 5.75 Å². The molecule has 1 N–H and O–H groups in total. The molecule has 2 aliphatic rings. The number of hydrogen-bond acceptors (Lipinski definition) is 3. The second-order valence-electron chi connectivity index (χ2n) is 6.78. The summed E-state index contributed by atoms with van der Waals surface area (Å²) in [4.78, 5) is 1.43. The van der Waals surface area contributed by atoms with Crippen LogP contribution in [0, 0.1) is 0 Å². The van der Waals surface area contributed by atoms with Gasteiger partial charge >= 0.3 is 0 Å². The van der Waals surface area contributed by atoms with E-state index in [1.807, 2.05) is 11.8 Å². The average molecular weight is 340 g/mol. The summed E-state index contributed by atoms with van der Waals surface area (Å²) in [6.07, 6.45) is 6.66. The maximum atomic E-state index is 6.13. The number of thioether (sulfide) groups is 1. The van der Waals surface area contributed by atoms with Gasteiger partial charge in [-0.15, -0.1) is 11.8 Å². The highest BCUT2D eigenvalue weighted by atomic mass is 32.2. The Balaban J connectivity index is 1.39. The Morgan fingerprint density at radius 2 is 1.88 bits per heavy atom. The molecule has 24 heavy (non-hydrogen) atoms. The molecular weight excluding hydrogens is 314 g/mol. The van der Waals surface area contributed by atoms with E-state index in [0.717, 1.165) is 12.3 Å². The minimum atomic E-state index is 0.426. The summed E-state index contributed by atoms with van der Waals surface area (Å²) >= 11 is 1.97. The molecular formula is C21H25NOS. The van der Waals surface area contributed by atoms with Crippen LogP contribution in [-0.2, 0) is 6.54 Å². The lowest BCUT2D eigenvalue weighted by Gasteiger charge is -2.26. The van der Waals surface area contributed by atoms with Gasteiger partial charge in [-0.1, -0.05) is 30.3 Å². The molecule has 4 rings (SSSR count). The largest absolute Gasteiger partial charge is 0.490 e. The van der Waals surface area contributed by atoms with Crippen molar-refractivity contribution in [3.05, 3.63) is 59.7 Å². The molecule has 2 nitrogen and oxygen atoms in total. The van der Waals surface area contributed by atoms with Crippen LogP contribution in [0.2, 0.25) is 0 Å². The lowest BCUT2D eigenvalue weighted by Crippen LogP contribution is -2.24. The van der Waals surface area contributed by atoms with Gasteiger partial charge in [0.2, 0.25) is 0 Å². The van der Waals surface area contributed by atoms with Crippen molar-refractivity contribution in [3.63, 3.8) is 0 Å². The van der Waals surface area contributed by atoms with Crippen LogP contribution in [0.25, 0.3) is 0 Å². The molecule has 2 aromatic carbocycles. The monoisotopic (exact) mass is 339 g/mol. The van der Waals surface area contributed by atoms with E-state index < -0.39 is 0 Å². The first-order chi connectivity index (χ1) is 11.9. The Morgan fingerprint density at radius 1 is 1.00 bits per heavy atom. The molecule has 0 saturated heterocycles. The van der Waals surface area contributed by atoms with Crippen molar-refractivity contribution in [1.82, 2.24) is 5.32 Å². The molecule has 1 aliphatic carbocycles. The van der Waals surface area contributed by atoms with E-state index in [9.17, 15) is 0 Å². The maximum absolute atomic E-state index is 6.13. The predicted molar refractivity (Wildman–Crippen MR) is 101 cm³/mol. The Morgan fingerprint density at radius 3 is 2.79 bits per heavy atom. The van der Waals surface area contributed by atoms with E-state index in [2.05, 4.69) is 53.8 Å². The molecule has 126 valence electrons. The van der Waals surface area contributed by atoms with Crippen molar-refractivity contribution in [3.8, 4) is 5.75 Å². The normalized spacial score (nSPS) is 20.8. The van der Waals surface area contributed by atoms with Crippen molar-refractivity contribution < 1.29 is 4.74 Å². The third-order valence-electron chi connectivity index (χ3n) is 5.01. The highest BCUT2D eigenvalue weighted by molar-refractivity contribution is 7.99. The smallest absolute Gasteiger partial charge is 0.120 e. The van der Waals surface area contributed by atoms with Gasteiger partial charge in [0.1, 0.15) is 5.75 Å². The molecule has 2 aromatic rings. The van der Waals surface area contributed by atoms with Crippen molar-refractivity contribution in [1.29, 1.82) is 0 Å². The lowest BCUT2D eigenvalue weighted by molar-refractivity contribution is 0.210. The zero-order valence-electron chi connectivity index (χ0n) is 14.0. The van der Waals surface area contributed by atoms with Crippen LogP contribution in [0.15, 0.2) is 53.4 Å². The highest BCUT2D eigenvalue weighted by Crippen LogP contribution is 2.36. The Hall–Kier alpha value is -1.45. The minimum Gasteiger partial charge on any atom is -0.490 e. The number of ether oxygens (including phenoxy) is 1. The molecule has 1 unspecified atom stereocenters. The van der Waals surface area contributed by atoms with E-state index in [1.54, 1.807) is 0 Å². The number of nitrogens with one attached hydrogen (secondary N) is 1. The van der Waals surface area contributed by atoms with E-state index in [0.29, 0.717) is 12.1 Å². The molecule has 3 heteroatoms. The van der Waals surface area contributed by atoms with Gasteiger partial charge in [0.25, 0.3) is 0 Å². The summed E-state index contributed by atoms with van der Waals surface area (Å²) in [6, 6.07) is 17.9. The molecule has 1 heterocycles. The summed E-state index contributed by atoms with van der Waals surface area (Å²) < 4.78 is 6.13. The maximum Gasteiger partial charge on any atom is 0.120 e. The first-order valence-electron chi connectivity index (χ1n) is 9.09. The van der Waals surface area contributed by atoms with Crippen LogP contribution >= 0.6 is 11.8 Å². The van der Waals surface area contributed by atoms with E-state index in [-0.39, 0.29) is 0 Å². The second-order valence-corrected chi connectivity index (χ2v) is 7.92. The molecule has 1 atom stereocenters. The summed E-state index contributed by atoms with van der Waals surface area (Å²) in [7, 11) is 0.